The average Bonchev–Trinajstić information content (AvgIpc) is 2.55. The van der Waals surface area contributed by atoms with Crippen LogP contribution in [0.3, 0.4) is 0 Å². The molecule has 0 aliphatic carbocycles. The molecular formula is C17H24N2O4S. The molecule has 1 saturated heterocycles. The number of carbonyl (C=O) groups is 1. The Bertz CT molecular complexity index is 662. The molecule has 1 aromatic carbocycles. The number of allylic oxidation sites excluding steroid dienone is 1. The molecule has 0 radical (unpaired) electrons. The first-order valence-electron chi connectivity index (χ1n) is 7.70. The number of methoxy groups -OCH3 is 2. The van der Waals surface area contributed by atoms with Crippen LogP contribution in [0.2, 0.25) is 0 Å². The van der Waals surface area contributed by atoms with Gasteiger partial charge in [-0.2, -0.15) is 0 Å². The van der Waals surface area contributed by atoms with E-state index in [0.717, 1.165) is 11.1 Å². The third kappa shape index (κ3) is 3.96. The van der Waals surface area contributed by atoms with Crippen molar-refractivity contribution >= 4 is 22.3 Å². The lowest BCUT2D eigenvalue weighted by molar-refractivity contribution is -0.125. The Kier molecular flexibility index (Phi) is 6.01. The molecular weight excluding hydrogens is 328 g/mol. The molecule has 1 aromatic rings. The van der Waals surface area contributed by atoms with E-state index in [-0.39, 0.29) is 17.9 Å². The van der Waals surface area contributed by atoms with Crippen molar-refractivity contribution in [3.05, 3.63) is 23.8 Å². The van der Waals surface area contributed by atoms with E-state index in [2.05, 4.69) is 16.9 Å². The second-order valence-corrected chi connectivity index (χ2v) is 7.23. The van der Waals surface area contributed by atoms with E-state index in [1.54, 1.807) is 20.5 Å². The third-order valence-corrected chi connectivity index (χ3v) is 5.11. The standard InChI is InChI=1S/C17H24N2O4S/c1-10(6-13-11(2)7-16(20)19-18-13)12-8-14(22-3)17(24(5)21)15(9-12)23-4/h6,8-9,11,13,18H,7H2,1-5H3,(H,19,20)/b10-6+. The predicted octanol–water partition coefficient (Wildman–Crippen LogP) is 1.87. The van der Waals surface area contributed by atoms with E-state index in [4.69, 9.17) is 9.47 Å². The number of nitrogens with one attached hydrogen (secondary N) is 2. The summed E-state index contributed by atoms with van der Waals surface area (Å²) in [6.07, 6.45) is 4.15. The highest BCUT2D eigenvalue weighted by Gasteiger charge is 2.24. The molecule has 0 aromatic heterocycles. The summed E-state index contributed by atoms with van der Waals surface area (Å²) in [4.78, 5) is 11.9. The van der Waals surface area contributed by atoms with Crippen molar-refractivity contribution in [2.75, 3.05) is 20.5 Å². The van der Waals surface area contributed by atoms with Gasteiger partial charge in [0.05, 0.1) is 25.0 Å². The SMILES string of the molecule is COc1cc(/C(C)=C/C2NNC(=O)CC2C)cc(OC)c1S(C)=O. The molecule has 1 heterocycles. The van der Waals surface area contributed by atoms with Crippen LogP contribution in [-0.2, 0) is 15.6 Å². The molecule has 3 atom stereocenters. The summed E-state index contributed by atoms with van der Waals surface area (Å²) in [5, 5.41) is 0. The molecule has 1 fully saturated rings. The summed E-state index contributed by atoms with van der Waals surface area (Å²) in [5.41, 5.74) is 7.62. The van der Waals surface area contributed by atoms with Crippen LogP contribution in [0.25, 0.3) is 5.57 Å². The molecule has 6 nitrogen and oxygen atoms in total. The van der Waals surface area contributed by atoms with E-state index in [9.17, 15) is 9.00 Å². The zero-order valence-corrected chi connectivity index (χ0v) is 15.5. The maximum atomic E-state index is 12.0. The van der Waals surface area contributed by atoms with Gasteiger partial charge in [-0.25, -0.2) is 5.43 Å². The number of rotatable bonds is 5. The van der Waals surface area contributed by atoms with Gasteiger partial charge in [-0.3, -0.25) is 14.4 Å². The molecule has 1 aliphatic heterocycles. The lowest BCUT2D eigenvalue weighted by Crippen LogP contribution is -2.52. The number of hydrazine groups is 1. The fourth-order valence-corrected chi connectivity index (χ4v) is 3.59. The summed E-state index contributed by atoms with van der Waals surface area (Å²) in [7, 11) is 1.88. The van der Waals surface area contributed by atoms with E-state index in [1.165, 1.54) is 0 Å². The zero-order chi connectivity index (χ0) is 17.9. The number of hydrogen-bond acceptors (Lipinski definition) is 5. The van der Waals surface area contributed by atoms with Gasteiger partial charge < -0.3 is 9.47 Å². The highest BCUT2D eigenvalue weighted by molar-refractivity contribution is 7.84. The molecule has 3 unspecified atom stereocenters. The van der Waals surface area contributed by atoms with Crippen molar-refractivity contribution in [3.63, 3.8) is 0 Å². The summed E-state index contributed by atoms with van der Waals surface area (Å²) < 4.78 is 22.7. The fourth-order valence-electron chi connectivity index (χ4n) is 2.74. The molecule has 0 spiro atoms. The molecule has 0 bridgehead atoms. The molecule has 2 rings (SSSR count). The van der Waals surface area contributed by atoms with Gasteiger partial charge in [0.25, 0.3) is 0 Å². The molecule has 1 amide bonds. The number of ether oxygens (including phenoxy) is 2. The first kappa shape index (κ1) is 18.5. The van der Waals surface area contributed by atoms with Gasteiger partial charge in [-0.1, -0.05) is 13.0 Å². The van der Waals surface area contributed by atoms with Crippen molar-refractivity contribution in [2.45, 2.75) is 31.2 Å². The Labute approximate surface area is 145 Å². The Morgan fingerprint density at radius 1 is 1.29 bits per heavy atom. The highest BCUT2D eigenvalue weighted by atomic mass is 32.2. The Morgan fingerprint density at radius 2 is 1.88 bits per heavy atom. The molecule has 24 heavy (non-hydrogen) atoms. The van der Waals surface area contributed by atoms with Crippen LogP contribution in [0.15, 0.2) is 23.1 Å². The fraction of sp³-hybridized carbons (Fsp3) is 0.471. The molecule has 0 saturated carbocycles. The quantitative estimate of drug-likeness (QED) is 0.846. The Hall–Kier alpha value is -1.86. The largest absolute Gasteiger partial charge is 0.495 e. The number of benzene rings is 1. The van der Waals surface area contributed by atoms with Crippen molar-refractivity contribution < 1.29 is 18.5 Å². The van der Waals surface area contributed by atoms with Crippen molar-refractivity contribution in [2.24, 2.45) is 5.92 Å². The molecule has 7 heteroatoms. The maximum absolute atomic E-state index is 12.0. The van der Waals surface area contributed by atoms with Gasteiger partial charge in [0, 0.05) is 18.7 Å². The molecule has 1 aliphatic rings. The maximum Gasteiger partial charge on any atom is 0.234 e. The first-order chi connectivity index (χ1) is 11.4. The van der Waals surface area contributed by atoms with Crippen LogP contribution in [-0.4, -0.2) is 36.6 Å². The van der Waals surface area contributed by atoms with Crippen LogP contribution in [0.1, 0.15) is 25.8 Å². The van der Waals surface area contributed by atoms with Gasteiger partial charge in [-0.15, -0.1) is 0 Å². The van der Waals surface area contributed by atoms with Crippen LogP contribution >= 0.6 is 0 Å². The van der Waals surface area contributed by atoms with E-state index in [0.29, 0.717) is 22.8 Å². The van der Waals surface area contributed by atoms with E-state index >= 15 is 0 Å². The lowest BCUT2D eigenvalue weighted by Gasteiger charge is -2.28. The van der Waals surface area contributed by atoms with E-state index in [1.807, 2.05) is 26.0 Å². The van der Waals surface area contributed by atoms with Gasteiger partial charge in [-0.05, 0) is 36.1 Å². The van der Waals surface area contributed by atoms with Crippen LogP contribution in [0.4, 0.5) is 0 Å². The van der Waals surface area contributed by atoms with Gasteiger partial charge in [0.1, 0.15) is 16.4 Å². The van der Waals surface area contributed by atoms with Crippen molar-refractivity contribution in [1.29, 1.82) is 0 Å². The van der Waals surface area contributed by atoms with Gasteiger partial charge >= 0.3 is 0 Å². The number of hydrogen-bond donors (Lipinski definition) is 2. The van der Waals surface area contributed by atoms with Crippen LogP contribution < -0.4 is 20.3 Å². The first-order valence-corrected chi connectivity index (χ1v) is 9.25. The predicted molar refractivity (Wildman–Crippen MR) is 94.4 cm³/mol. The topological polar surface area (TPSA) is 76.7 Å². The molecule has 132 valence electrons. The minimum Gasteiger partial charge on any atom is -0.495 e. The average molecular weight is 352 g/mol. The Balaban J connectivity index is 2.38. The minimum atomic E-state index is -1.22. The van der Waals surface area contributed by atoms with Crippen molar-refractivity contribution in [3.8, 4) is 11.5 Å². The zero-order valence-electron chi connectivity index (χ0n) is 14.6. The second kappa shape index (κ2) is 7.81. The summed E-state index contributed by atoms with van der Waals surface area (Å²) in [6, 6.07) is 3.76. The normalized spacial score (nSPS) is 22.7. The van der Waals surface area contributed by atoms with Crippen molar-refractivity contribution in [1.82, 2.24) is 10.9 Å². The van der Waals surface area contributed by atoms with Gasteiger partial charge in [0.15, 0.2) is 0 Å². The lowest BCUT2D eigenvalue weighted by atomic mass is 9.93. The minimum absolute atomic E-state index is 0.00270. The van der Waals surface area contributed by atoms with Crippen LogP contribution in [0.5, 0.6) is 11.5 Å². The smallest absolute Gasteiger partial charge is 0.234 e. The number of carbonyl (C=O) groups excluding carboxylic acids is 1. The Morgan fingerprint density at radius 3 is 2.33 bits per heavy atom. The number of amides is 1. The van der Waals surface area contributed by atoms with E-state index < -0.39 is 10.8 Å². The second-order valence-electron chi connectivity index (χ2n) is 5.91. The van der Waals surface area contributed by atoms with Gasteiger partial charge in [0.2, 0.25) is 5.91 Å². The molecule has 2 N–H and O–H groups in total. The monoisotopic (exact) mass is 352 g/mol. The highest BCUT2D eigenvalue weighted by Crippen LogP contribution is 2.35. The summed E-state index contributed by atoms with van der Waals surface area (Å²) in [5.74, 6) is 1.27. The van der Waals surface area contributed by atoms with Crippen LogP contribution in [0, 0.1) is 5.92 Å². The third-order valence-electron chi connectivity index (χ3n) is 4.13. The summed E-state index contributed by atoms with van der Waals surface area (Å²) in [6.45, 7) is 4.02. The summed E-state index contributed by atoms with van der Waals surface area (Å²) >= 11 is 0.